The SMILES string of the molecule is CC(NC1=CC(=O)C2(CCCC2)C(=O)N1)c1cccc(Cl)c1. The molecule has 4 nitrogen and oxygen atoms in total. The summed E-state index contributed by atoms with van der Waals surface area (Å²) in [5, 5.41) is 6.69. The molecule has 1 atom stereocenters. The van der Waals surface area contributed by atoms with E-state index in [0.29, 0.717) is 23.7 Å². The third-order valence-corrected chi connectivity index (χ3v) is 4.84. The van der Waals surface area contributed by atoms with E-state index in [1.807, 2.05) is 31.2 Å². The Morgan fingerprint density at radius 2 is 2.00 bits per heavy atom. The van der Waals surface area contributed by atoms with Crippen molar-refractivity contribution in [2.75, 3.05) is 0 Å². The van der Waals surface area contributed by atoms with Gasteiger partial charge in [0.2, 0.25) is 5.91 Å². The molecule has 1 unspecified atom stereocenters. The predicted octanol–water partition coefficient (Wildman–Crippen LogP) is 3.09. The molecular weight excluding hydrogens is 300 g/mol. The number of carbonyl (C=O) groups excluding carboxylic acids is 2. The summed E-state index contributed by atoms with van der Waals surface area (Å²) >= 11 is 5.99. The summed E-state index contributed by atoms with van der Waals surface area (Å²) in [6.07, 6.45) is 4.73. The Morgan fingerprint density at radius 1 is 1.27 bits per heavy atom. The predicted molar refractivity (Wildman–Crippen MR) is 85.1 cm³/mol. The van der Waals surface area contributed by atoms with Gasteiger partial charge in [0.15, 0.2) is 5.78 Å². The lowest BCUT2D eigenvalue weighted by Crippen LogP contribution is -2.50. The third-order valence-electron chi connectivity index (χ3n) is 4.61. The fourth-order valence-corrected chi connectivity index (χ4v) is 3.48. The highest BCUT2D eigenvalue weighted by atomic mass is 35.5. The number of carbonyl (C=O) groups is 2. The van der Waals surface area contributed by atoms with Gasteiger partial charge in [0.25, 0.3) is 0 Å². The van der Waals surface area contributed by atoms with Crippen LogP contribution >= 0.6 is 11.6 Å². The average Bonchev–Trinajstić information content (AvgIpc) is 2.96. The van der Waals surface area contributed by atoms with Crippen LogP contribution in [0.5, 0.6) is 0 Å². The van der Waals surface area contributed by atoms with Gasteiger partial charge in [-0.2, -0.15) is 0 Å². The lowest BCUT2D eigenvalue weighted by Gasteiger charge is -2.31. The highest BCUT2D eigenvalue weighted by Gasteiger charge is 2.49. The van der Waals surface area contributed by atoms with Crippen molar-refractivity contribution in [3.05, 3.63) is 46.7 Å². The van der Waals surface area contributed by atoms with Crippen molar-refractivity contribution in [1.82, 2.24) is 10.6 Å². The van der Waals surface area contributed by atoms with Crippen LogP contribution in [-0.4, -0.2) is 11.7 Å². The van der Waals surface area contributed by atoms with E-state index in [0.717, 1.165) is 18.4 Å². The highest BCUT2D eigenvalue weighted by molar-refractivity contribution is 6.30. The second-order valence-electron chi connectivity index (χ2n) is 6.09. The molecule has 0 bridgehead atoms. The molecule has 1 amide bonds. The Morgan fingerprint density at radius 3 is 2.64 bits per heavy atom. The van der Waals surface area contributed by atoms with Crippen molar-refractivity contribution < 1.29 is 9.59 Å². The van der Waals surface area contributed by atoms with Crippen molar-refractivity contribution in [3.63, 3.8) is 0 Å². The van der Waals surface area contributed by atoms with E-state index in [1.54, 1.807) is 0 Å². The number of hydrogen-bond acceptors (Lipinski definition) is 3. The van der Waals surface area contributed by atoms with E-state index < -0.39 is 5.41 Å². The maximum atomic E-state index is 12.4. The van der Waals surface area contributed by atoms with E-state index >= 15 is 0 Å². The van der Waals surface area contributed by atoms with E-state index in [2.05, 4.69) is 10.6 Å². The Bertz CT molecular complexity index is 648. The fourth-order valence-electron chi connectivity index (χ4n) is 3.28. The summed E-state index contributed by atoms with van der Waals surface area (Å²) < 4.78 is 0. The molecular formula is C17H19ClN2O2. The fraction of sp³-hybridized carbons (Fsp3) is 0.412. The van der Waals surface area contributed by atoms with Crippen LogP contribution in [0, 0.1) is 5.41 Å². The van der Waals surface area contributed by atoms with Gasteiger partial charge in [-0.15, -0.1) is 0 Å². The van der Waals surface area contributed by atoms with Crippen LogP contribution in [0.2, 0.25) is 5.02 Å². The molecule has 2 aliphatic rings. The summed E-state index contributed by atoms with van der Waals surface area (Å²) in [6, 6.07) is 7.45. The van der Waals surface area contributed by atoms with E-state index in [-0.39, 0.29) is 17.7 Å². The minimum atomic E-state index is -0.815. The van der Waals surface area contributed by atoms with Crippen molar-refractivity contribution in [2.45, 2.75) is 38.6 Å². The summed E-state index contributed by atoms with van der Waals surface area (Å²) in [5.74, 6) is 0.229. The molecule has 1 aliphatic heterocycles. The zero-order chi connectivity index (χ0) is 15.7. The first-order chi connectivity index (χ1) is 10.5. The Hall–Kier alpha value is -1.81. The van der Waals surface area contributed by atoms with Crippen LogP contribution in [0.3, 0.4) is 0 Å². The quantitative estimate of drug-likeness (QED) is 0.842. The van der Waals surface area contributed by atoms with Gasteiger partial charge < -0.3 is 10.6 Å². The third kappa shape index (κ3) is 2.63. The second-order valence-corrected chi connectivity index (χ2v) is 6.52. The topological polar surface area (TPSA) is 58.2 Å². The maximum absolute atomic E-state index is 12.4. The summed E-state index contributed by atoms with van der Waals surface area (Å²) in [7, 11) is 0. The molecule has 1 saturated carbocycles. The van der Waals surface area contributed by atoms with Gasteiger partial charge in [0.1, 0.15) is 11.2 Å². The van der Waals surface area contributed by atoms with E-state index in [1.165, 1.54) is 6.08 Å². The van der Waals surface area contributed by atoms with Crippen molar-refractivity contribution in [2.24, 2.45) is 5.41 Å². The molecule has 1 spiro atoms. The largest absolute Gasteiger partial charge is 0.365 e. The number of allylic oxidation sites excluding steroid dienone is 1. The summed E-state index contributed by atoms with van der Waals surface area (Å²) in [6.45, 7) is 1.96. The lowest BCUT2D eigenvalue weighted by molar-refractivity contribution is -0.140. The smallest absolute Gasteiger partial charge is 0.239 e. The van der Waals surface area contributed by atoms with E-state index in [9.17, 15) is 9.59 Å². The van der Waals surface area contributed by atoms with Crippen LogP contribution in [0.4, 0.5) is 0 Å². The van der Waals surface area contributed by atoms with Crippen LogP contribution in [-0.2, 0) is 9.59 Å². The monoisotopic (exact) mass is 318 g/mol. The first-order valence-corrected chi connectivity index (χ1v) is 7.99. The summed E-state index contributed by atoms with van der Waals surface area (Å²) in [4.78, 5) is 24.8. The van der Waals surface area contributed by atoms with Crippen LogP contribution in [0.15, 0.2) is 36.2 Å². The number of hydrogen-bond donors (Lipinski definition) is 2. The second kappa shape index (κ2) is 5.76. The molecule has 2 N–H and O–H groups in total. The molecule has 116 valence electrons. The first-order valence-electron chi connectivity index (χ1n) is 7.61. The molecule has 1 heterocycles. The Balaban J connectivity index is 1.76. The molecule has 22 heavy (non-hydrogen) atoms. The minimum absolute atomic E-state index is 0.0596. The molecule has 0 saturated heterocycles. The van der Waals surface area contributed by atoms with Gasteiger partial charge >= 0.3 is 0 Å². The number of halogens is 1. The molecule has 5 heteroatoms. The summed E-state index contributed by atoms with van der Waals surface area (Å²) in [5.41, 5.74) is 0.182. The molecule has 1 fully saturated rings. The Kier molecular flexibility index (Phi) is 3.96. The number of rotatable bonds is 3. The standard InChI is InChI=1S/C17H19ClN2O2/c1-11(12-5-4-6-13(18)9-12)19-15-10-14(21)17(16(22)20-15)7-2-3-8-17/h4-6,9-11,19H,2-3,7-8H2,1H3,(H,20,22). The number of nitrogens with one attached hydrogen (secondary N) is 2. The van der Waals surface area contributed by atoms with Crippen molar-refractivity contribution in [1.29, 1.82) is 0 Å². The number of amides is 1. The molecule has 1 aromatic carbocycles. The Labute approximate surface area is 134 Å². The molecule has 1 aromatic rings. The molecule has 0 radical (unpaired) electrons. The average molecular weight is 319 g/mol. The lowest BCUT2D eigenvalue weighted by atomic mass is 9.79. The first kappa shape index (κ1) is 15.1. The van der Waals surface area contributed by atoms with Gasteiger partial charge in [-0.3, -0.25) is 9.59 Å². The van der Waals surface area contributed by atoms with Gasteiger partial charge in [0, 0.05) is 17.1 Å². The van der Waals surface area contributed by atoms with Crippen molar-refractivity contribution >= 4 is 23.3 Å². The minimum Gasteiger partial charge on any atom is -0.365 e. The van der Waals surface area contributed by atoms with Crippen LogP contribution in [0.25, 0.3) is 0 Å². The van der Waals surface area contributed by atoms with Crippen LogP contribution < -0.4 is 10.6 Å². The van der Waals surface area contributed by atoms with E-state index in [4.69, 9.17) is 11.6 Å². The zero-order valence-electron chi connectivity index (χ0n) is 12.5. The number of benzene rings is 1. The van der Waals surface area contributed by atoms with Gasteiger partial charge in [-0.1, -0.05) is 36.6 Å². The number of ketones is 1. The molecule has 0 aromatic heterocycles. The van der Waals surface area contributed by atoms with Gasteiger partial charge in [-0.25, -0.2) is 0 Å². The molecule has 1 aliphatic carbocycles. The van der Waals surface area contributed by atoms with Gasteiger partial charge in [0.05, 0.1) is 0 Å². The molecule has 3 rings (SSSR count). The highest BCUT2D eigenvalue weighted by Crippen LogP contribution is 2.41. The van der Waals surface area contributed by atoms with Crippen LogP contribution in [0.1, 0.15) is 44.2 Å². The van der Waals surface area contributed by atoms with Crippen molar-refractivity contribution in [3.8, 4) is 0 Å². The van der Waals surface area contributed by atoms with Gasteiger partial charge in [-0.05, 0) is 37.5 Å². The normalized spacial score (nSPS) is 21.5. The maximum Gasteiger partial charge on any atom is 0.239 e. The zero-order valence-corrected chi connectivity index (χ0v) is 13.2.